The fourth-order valence-corrected chi connectivity index (χ4v) is 3.23. The summed E-state index contributed by atoms with van der Waals surface area (Å²) in [6.07, 6.45) is 3.88. The van der Waals surface area contributed by atoms with Gasteiger partial charge in [0, 0.05) is 19.5 Å². The molecule has 2 N–H and O–H groups in total. The predicted molar refractivity (Wildman–Crippen MR) is 105 cm³/mol. The largest absolute Gasteiger partial charge is 0.350 e. The molecule has 27 heavy (non-hydrogen) atoms. The van der Waals surface area contributed by atoms with E-state index >= 15 is 0 Å². The molecule has 2 rings (SSSR count). The van der Waals surface area contributed by atoms with Gasteiger partial charge in [-0.1, -0.05) is 50.6 Å². The third-order valence-corrected chi connectivity index (χ3v) is 4.67. The smallest absolute Gasteiger partial charge is 0.242 e. The molecule has 3 amide bonds. The summed E-state index contributed by atoms with van der Waals surface area (Å²) >= 11 is 0. The number of nitrogens with zero attached hydrogens (tertiary/aromatic N) is 1. The molecule has 6 nitrogen and oxygen atoms in total. The van der Waals surface area contributed by atoms with E-state index in [1.807, 2.05) is 44.2 Å². The predicted octanol–water partition coefficient (Wildman–Crippen LogP) is 2.24. The highest BCUT2D eigenvalue weighted by molar-refractivity contribution is 5.90. The number of benzene rings is 1. The monoisotopic (exact) mass is 373 g/mol. The molecular weight excluding hydrogens is 342 g/mol. The Kier molecular flexibility index (Phi) is 8.30. The Morgan fingerprint density at radius 2 is 1.85 bits per heavy atom. The van der Waals surface area contributed by atoms with Crippen molar-refractivity contribution in [2.45, 2.75) is 58.5 Å². The highest BCUT2D eigenvalue weighted by atomic mass is 16.2. The van der Waals surface area contributed by atoms with E-state index in [-0.39, 0.29) is 30.2 Å². The molecule has 0 aromatic heterocycles. The van der Waals surface area contributed by atoms with Gasteiger partial charge in [0.15, 0.2) is 0 Å². The van der Waals surface area contributed by atoms with Gasteiger partial charge in [-0.2, -0.15) is 0 Å². The molecule has 0 aliphatic carbocycles. The van der Waals surface area contributed by atoms with Crippen LogP contribution in [0.5, 0.6) is 0 Å². The van der Waals surface area contributed by atoms with Crippen molar-refractivity contribution in [3.63, 3.8) is 0 Å². The molecule has 6 heteroatoms. The zero-order chi connectivity index (χ0) is 19.6. The van der Waals surface area contributed by atoms with Crippen LogP contribution in [-0.2, 0) is 20.9 Å². The molecule has 1 aliphatic rings. The topological polar surface area (TPSA) is 78.5 Å². The van der Waals surface area contributed by atoms with Crippen LogP contribution in [0, 0.1) is 5.92 Å². The summed E-state index contributed by atoms with van der Waals surface area (Å²) in [5, 5.41) is 5.73. The Balaban J connectivity index is 1.90. The lowest BCUT2D eigenvalue weighted by Crippen LogP contribution is -2.50. The number of likely N-dealkylation sites (tertiary alicyclic amines) is 1. The van der Waals surface area contributed by atoms with Gasteiger partial charge in [0.05, 0.1) is 6.54 Å². The summed E-state index contributed by atoms with van der Waals surface area (Å²) in [4.78, 5) is 38.7. The SMILES string of the molecule is CC(C)C[C@@H](NC(=O)CN1CCCCCC1=O)C(=O)NCc1ccccc1. The minimum atomic E-state index is -0.594. The molecule has 0 unspecified atom stereocenters. The molecule has 1 heterocycles. The Bertz CT molecular complexity index is 631. The summed E-state index contributed by atoms with van der Waals surface area (Å²) < 4.78 is 0. The maximum absolute atomic E-state index is 12.6. The van der Waals surface area contributed by atoms with E-state index in [2.05, 4.69) is 10.6 Å². The van der Waals surface area contributed by atoms with E-state index in [0.29, 0.717) is 25.9 Å². The van der Waals surface area contributed by atoms with Crippen molar-refractivity contribution in [3.05, 3.63) is 35.9 Å². The Morgan fingerprint density at radius 1 is 1.11 bits per heavy atom. The normalized spacial score (nSPS) is 16.0. The molecule has 0 radical (unpaired) electrons. The van der Waals surface area contributed by atoms with Crippen LogP contribution in [0.1, 0.15) is 51.5 Å². The number of carbonyl (C=O) groups excluding carboxylic acids is 3. The van der Waals surface area contributed by atoms with Crippen LogP contribution in [0.25, 0.3) is 0 Å². The molecule has 0 saturated carbocycles. The van der Waals surface area contributed by atoms with Gasteiger partial charge in [0.1, 0.15) is 6.04 Å². The Hall–Kier alpha value is -2.37. The van der Waals surface area contributed by atoms with E-state index in [0.717, 1.165) is 24.8 Å². The molecular formula is C21H31N3O3. The molecule has 1 fully saturated rings. The number of hydrogen-bond donors (Lipinski definition) is 2. The first kappa shape index (κ1) is 20.9. The maximum atomic E-state index is 12.6. The summed E-state index contributed by atoms with van der Waals surface area (Å²) in [5.41, 5.74) is 1.01. The summed E-state index contributed by atoms with van der Waals surface area (Å²) in [7, 11) is 0. The molecule has 1 aromatic rings. The number of rotatable bonds is 8. The lowest BCUT2D eigenvalue weighted by atomic mass is 10.0. The van der Waals surface area contributed by atoms with Gasteiger partial charge >= 0.3 is 0 Å². The van der Waals surface area contributed by atoms with Gasteiger partial charge in [-0.15, -0.1) is 0 Å². The number of amides is 3. The van der Waals surface area contributed by atoms with Gasteiger partial charge in [0.2, 0.25) is 17.7 Å². The fourth-order valence-electron chi connectivity index (χ4n) is 3.23. The van der Waals surface area contributed by atoms with Crippen molar-refractivity contribution in [3.8, 4) is 0 Å². The van der Waals surface area contributed by atoms with Crippen molar-refractivity contribution < 1.29 is 14.4 Å². The van der Waals surface area contributed by atoms with Crippen molar-refractivity contribution in [1.82, 2.24) is 15.5 Å². The molecule has 1 atom stereocenters. The second-order valence-electron chi connectivity index (χ2n) is 7.58. The highest BCUT2D eigenvalue weighted by Crippen LogP contribution is 2.11. The first-order valence-corrected chi connectivity index (χ1v) is 9.84. The van der Waals surface area contributed by atoms with E-state index < -0.39 is 6.04 Å². The van der Waals surface area contributed by atoms with Crippen LogP contribution in [0.4, 0.5) is 0 Å². The molecule has 1 aromatic carbocycles. The van der Waals surface area contributed by atoms with Crippen LogP contribution in [-0.4, -0.2) is 41.8 Å². The summed E-state index contributed by atoms with van der Waals surface area (Å²) in [6, 6.07) is 9.07. The average Bonchev–Trinajstić information content (AvgIpc) is 2.84. The summed E-state index contributed by atoms with van der Waals surface area (Å²) in [5.74, 6) is -0.178. The lowest BCUT2D eigenvalue weighted by molar-refractivity contribution is -0.136. The minimum absolute atomic E-state index is 0.0246. The van der Waals surface area contributed by atoms with E-state index in [4.69, 9.17) is 0 Å². The third-order valence-electron chi connectivity index (χ3n) is 4.67. The van der Waals surface area contributed by atoms with E-state index in [1.165, 1.54) is 0 Å². The minimum Gasteiger partial charge on any atom is -0.350 e. The molecule has 148 valence electrons. The van der Waals surface area contributed by atoms with Crippen LogP contribution < -0.4 is 10.6 Å². The van der Waals surface area contributed by atoms with Gasteiger partial charge in [0.25, 0.3) is 0 Å². The zero-order valence-electron chi connectivity index (χ0n) is 16.4. The molecule has 1 aliphatic heterocycles. The average molecular weight is 373 g/mol. The lowest BCUT2D eigenvalue weighted by Gasteiger charge is -2.24. The van der Waals surface area contributed by atoms with Crippen LogP contribution in [0.2, 0.25) is 0 Å². The second-order valence-corrected chi connectivity index (χ2v) is 7.58. The number of nitrogens with one attached hydrogen (secondary N) is 2. The van der Waals surface area contributed by atoms with E-state index in [1.54, 1.807) is 4.90 Å². The second kappa shape index (κ2) is 10.7. The first-order chi connectivity index (χ1) is 13.0. The van der Waals surface area contributed by atoms with Crippen molar-refractivity contribution >= 4 is 17.7 Å². The Labute approximate surface area is 161 Å². The zero-order valence-corrected chi connectivity index (χ0v) is 16.4. The van der Waals surface area contributed by atoms with Crippen molar-refractivity contribution in [1.29, 1.82) is 0 Å². The van der Waals surface area contributed by atoms with Crippen molar-refractivity contribution in [2.75, 3.05) is 13.1 Å². The number of hydrogen-bond acceptors (Lipinski definition) is 3. The highest BCUT2D eigenvalue weighted by Gasteiger charge is 2.24. The van der Waals surface area contributed by atoms with Gasteiger partial charge in [-0.3, -0.25) is 14.4 Å². The molecule has 0 spiro atoms. The van der Waals surface area contributed by atoms with Crippen LogP contribution in [0.3, 0.4) is 0 Å². The van der Waals surface area contributed by atoms with Crippen LogP contribution >= 0.6 is 0 Å². The van der Waals surface area contributed by atoms with Crippen molar-refractivity contribution in [2.24, 2.45) is 5.92 Å². The fraction of sp³-hybridized carbons (Fsp3) is 0.571. The van der Waals surface area contributed by atoms with Gasteiger partial charge in [-0.25, -0.2) is 0 Å². The standard InChI is InChI=1S/C21H31N3O3/c1-16(2)13-18(21(27)22-14-17-9-5-3-6-10-17)23-19(25)15-24-12-8-4-7-11-20(24)26/h3,5-6,9-10,16,18H,4,7-8,11-15H2,1-2H3,(H,22,27)(H,23,25)/t18-/m1/s1. The Morgan fingerprint density at radius 3 is 2.56 bits per heavy atom. The first-order valence-electron chi connectivity index (χ1n) is 9.84. The van der Waals surface area contributed by atoms with Gasteiger partial charge in [-0.05, 0) is 30.7 Å². The number of carbonyl (C=O) groups is 3. The third kappa shape index (κ3) is 7.41. The quantitative estimate of drug-likeness (QED) is 0.733. The van der Waals surface area contributed by atoms with E-state index in [9.17, 15) is 14.4 Å². The van der Waals surface area contributed by atoms with Crippen LogP contribution in [0.15, 0.2) is 30.3 Å². The molecule has 0 bridgehead atoms. The maximum Gasteiger partial charge on any atom is 0.242 e. The summed E-state index contributed by atoms with van der Waals surface area (Å²) in [6.45, 7) is 5.10. The molecule has 1 saturated heterocycles. The van der Waals surface area contributed by atoms with Gasteiger partial charge < -0.3 is 15.5 Å².